The van der Waals surface area contributed by atoms with Gasteiger partial charge in [-0.1, -0.05) is 54.9 Å². The second kappa shape index (κ2) is 9.33. The smallest absolute Gasteiger partial charge is 0.229 e. The molecule has 1 fully saturated rings. The van der Waals surface area contributed by atoms with Crippen LogP contribution >= 0.6 is 23.4 Å². The number of nitrogens with zero attached hydrogens (tertiary/aromatic N) is 3. The second-order valence-electron chi connectivity index (χ2n) is 7.77. The Morgan fingerprint density at radius 1 is 1.26 bits per heavy atom. The Hall–Kier alpha value is -2.49. The summed E-state index contributed by atoms with van der Waals surface area (Å²) in [6.45, 7) is 2.55. The van der Waals surface area contributed by atoms with E-state index in [-0.39, 0.29) is 22.9 Å². The van der Waals surface area contributed by atoms with E-state index >= 15 is 0 Å². The van der Waals surface area contributed by atoms with Gasteiger partial charge in [0.25, 0.3) is 0 Å². The van der Waals surface area contributed by atoms with Crippen LogP contribution in [0.15, 0.2) is 53.1 Å². The van der Waals surface area contributed by atoms with Gasteiger partial charge in [-0.3, -0.25) is 9.69 Å². The number of allylic oxidation sites excluding steroid dienone is 1. The summed E-state index contributed by atoms with van der Waals surface area (Å²) in [6.07, 6.45) is 3.42. The molecule has 7 heteroatoms. The summed E-state index contributed by atoms with van der Waals surface area (Å²) in [6, 6.07) is 15.1. The lowest BCUT2D eigenvalue weighted by molar-refractivity contribution is -0.129. The molecule has 2 aromatic rings. The number of amides is 1. The average Bonchev–Trinajstić information content (AvgIpc) is 2.78. The Bertz CT molecular complexity index is 1040. The molecule has 1 atom stereocenters. The molecule has 2 heterocycles. The maximum atomic E-state index is 14.5. The standard InChI is InChI=1S/C24H23ClFN3OS/c1-2-3-5-16-8-10-17(11-9-16)28-14-29-22(30)12-18(19(13-27)24(29)31-15-28)23-20(25)6-4-7-21(23)26/h4,6-11,18H,2-3,5,12,14-15H2,1H3. The van der Waals surface area contributed by atoms with Gasteiger partial charge in [0.05, 0.1) is 29.2 Å². The van der Waals surface area contributed by atoms with E-state index in [2.05, 4.69) is 42.2 Å². The van der Waals surface area contributed by atoms with Crippen molar-refractivity contribution in [1.29, 1.82) is 5.26 Å². The molecule has 31 heavy (non-hydrogen) atoms. The fraction of sp³-hybridized carbons (Fsp3) is 0.333. The van der Waals surface area contributed by atoms with E-state index in [4.69, 9.17) is 11.6 Å². The first kappa shape index (κ1) is 21.7. The Morgan fingerprint density at radius 3 is 2.71 bits per heavy atom. The summed E-state index contributed by atoms with van der Waals surface area (Å²) in [7, 11) is 0. The van der Waals surface area contributed by atoms with Gasteiger partial charge in [0.1, 0.15) is 5.82 Å². The molecule has 160 valence electrons. The van der Waals surface area contributed by atoms with E-state index in [0.29, 0.717) is 23.1 Å². The third-order valence-electron chi connectivity index (χ3n) is 5.76. The van der Waals surface area contributed by atoms with Gasteiger partial charge in [0.2, 0.25) is 5.91 Å². The predicted octanol–water partition coefficient (Wildman–Crippen LogP) is 6.04. The van der Waals surface area contributed by atoms with Crippen LogP contribution in [-0.2, 0) is 11.2 Å². The Kier molecular flexibility index (Phi) is 6.54. The highest BCUT2D eigenvalue weighted by molar-refractivity contribution is 8.03. The second-order valence-corrected chi connectivity index (χ2v) is 9.11. The Morgan fingerprint density at radius 2 is 2.03 bits per heavy atom. The highest BCUT2D eigenvalue weighted by atomic mass is 35.5. The summed E-state index contributed by atoms with van der Waals surface area (Å²) in [4.78, 5) is 16.8. The summed E-state index contributed by atoms with van der Waals surface area (Å²) in [5.74, 6) is -0.668. The first-order valence-electron chi connectivity index (χ1n) is 10.4. The number of carbonyl (C=O) groups excluding carboxylic acids is 1. The highest BCUT2D eigenvalue weighted by Crippen LogP contribution is 2.45. The lowest BCUT2D eigenvalue weighted by Crippen LogP contribution is -2.47. The van der Waals surface area contributed by atoms with Crippen molar-refractivity contribution < 1.29 is 9.18 Å². The number of rotatable bonds is 5. The Balaban J connectivity index is 1.60. The number of aryl methyl sites for hydroxylation is 1. The van der Waals surface area contributed by atoms with Gasteiger partial charge >= 0.3 is 0 Å². The molecule has 0 aliphatic carbocycles. The van der Waals surface area contributed by atoms with Gasteiger partial charge in [-0.15, -0.1) is 0 Å². The van der Waals surface area contributed by atoms with Crippen LogP contribution < -0.4 is 4.90 Å². The van der Waals surface area contributed by atoms with Crippen molar-refractivity contribution in [2.75, 3.05) is 17.4 Å². The third-order valence-corrected chi connectivity index (χ3v) is 7.25. The fourth-order valence-electron chi connectivity index (χ4n) is 4.07. The first-order valence-corrected chi connectivity index (χ1v) is 11.7. The van der Waals surface area contributed by atoms with Crippen molar-refractivity contribution in [3.8, 4) is 6.07 Å². The monoisotopic (exact) mass is 455 g/mol. The normalized spacial score (nSPS) is 18.8. The maximum absolute atomic E-state index is 14.5. The number of carbonyl (C=O) groups is 1. The number of hydrogen-bond donors (Lipinski definition) is 0. The molecule has 0 saturated carbocycles. The molecule has 0 bridgehead atoms. The van der Waals surface area contributed by atoms with Gasteiger partial charge in [0.15, 0.2) is 0 Å². The fourth-order valence-corrected chi connectivity index (χ4v) is 5.53. The maximum Gasteiger partial charge on any atom is 0.229 e. The van der Waals surface area contributed by atoms with E-state index in [9.17, 15) is 14.4 Å². The van der Waals surface area contributed by atoms with E-state index in [1.54, 1.807) is 11.0 Å². The number of anilines is 1. The minimum atomic E-state index is -0.658. The van der Waals surface area contributed by atoms with Crippen molar-refractivity contribution in [3.05, 3.63) is 75.0 Å². The van der Waals surface area contributed by atoms with Crippen LogP contribution in [0.1, 0.15) is 43.2 Å². The van der Waals surface area contributed by atoms with Gasteiger partial charge < -0.3 is 4.90 Å². The van der Waals surface area contributed by atoms with Gasteiger partial charge in [-0.2, -0.15) is 5.26 Å². The number of thioether (sulfide) groups is 1. The molecule has 1 amide bonds. The van der Waals surface area contributed by atoms with Crippen LogP contribution in [0.3, 0.4) is 0 Å². The average molecular weight is 456 g/mol. The van der Waals surface area contributed by atoms with E-state index < -0.39 is 11.7 Å². The van der Waals surface area contributed by atoms with E-state index in [0.717, 1.165) is 18.5 Å². The molecule has 1 saturated heterocycles. The predicted molar refractivity (Wildman–Crippen MR) is 123 cm³/mol. The van der Waals surface area contributed by atoms with Crippen molar-refractivity contribution in [2.45, 2.75) is 38.5 Å². The third kappa shape index (κ3) is 4.30. The van der Waals surface area contributed by atoms with Crippen molar-refractivity contribution in [2.24, 2.45) is 0 Å². The van der Waals surface area contributed by atoms with Crippen LogP contribution in [0.4, 0.5) is 10.1 Å². The summed E-state index contributed by atoms with van der Waals surface area (Å²) >= 11 is 7.68. The summed E-state index contributed by atoms with van der Waals surface area (Å²) < 4.78 is 14.5. The Labute approximate surface area is 191 Å². The van der Waals surface area contributed by atoms with Crippen LogP contribution in [0.25, 0.3) is 0 Å². The lowest BCUT2D eigenvalue weighted by Gasteiger charge is -2.42. The molecule has 0 radical (unpaired) electrons. The number of unbranched alkanes of at least 4 members (excludes halogenated alkanes) is 1. The van der Waals surface area contributed by atoms with E-state index in [1.807, 2.05) is 0 Å². The zero-order chi connectivity index (χ0) is 22.0. The minimum absolute atomic E-state index is 0.0252. The minimum Gasteiger partial charge on any atom is -0.344 e. The number of halogens is 2. The largest absolute Gasteiger partial charge is 0.344 e. The lowest BCUT2D eigenvalue weighted by atomic mass is 9.86. The molecule has 2 aliphatic heterocycles. The van der Waals surface area contributed by atoms with Crippen LogP contribution in [-0.4, -0.2) is 23.4 Å². The van der Waals surface area contributed by atoms with Gasteiger partial charge in [-0.05, 0) is 42.7 Å². The van der Waals surface area contributed by atoms with Crippen molar-refractivity contribution in [1.82, 2.24) is 4.90 Å². The van der Waals surface area contributed by atoms with Crippen LogP contribution in [0, 0.1) is 17.1 Å². The number of hydrogen-bond acceptors (Lipinski definition) is 4. The number of nitriles is 1. The van der Waals surface area contributed by atoms with Crippen molar-refractivity contribution in [3.63, 3.8) is 0 Å². The number of benzene rings is 2. The first-order chi connectivity index (χ1) is 15.0. The molecule has 0 spiro atoms. The zero-order valence-corrected chi connectivity index (χ0v) is 18.8. The summed E-state index contributed by atoms with van der Waals surface area (Å²) in [5, 5.41) is 10.7. The molecule has 2 aliphatic rings. The zero-order valence-electron chi connectivity index (χ0n) is 17.3. The van der Waals surface area contributed by atoms with Gasteiger partial charge in [0, 0.05) is 28.6 Å². The van der Waals surface area contributed by atoms with Crippen LogP contribution in [0.2, 0.25) is 5.02 Å². The molecule has 4 nitrogen and oxygen atoms in total. The van der Waals surface area contributed by atoms with Crippen LogP contribution in [0.5, 0.6) is 0 Å². The number of fused-ring (bicyclic) bond motifs is 1. The van der Waals surface area contributed by atoms with E-state index in [1.165, 1.54) is 35.9 Å². The molecule has 1 unspecified atom stereocenters. The molecule has 4 rings (SSSR count). The molecular formula is C24H23ClFN3OS. The molecular weight excluding hydrogens is 433 g/mol. The molecule has 0 aromatic heterocycles. The molecule has 0 N–H and O–H groups in total. The van der Waals surface area contributed by atoms with Crippen molar-refractivity contribution >= 4 is 35.0 Å². The topological polar surface area (TPSA) is 47.3 Å². The molecule has 2 aromatic carbocycles. The quantitative estimate of drug-likeness (QED) is 0.551. The SMILES string of the molecule is CCCCc1ccc(N2CSC3=C(C#N)C(c4c(F)cccc4Cl)CC(=O)N3C2)cc1. The van der Waals surface area contributed by atoms with Gasteiger partial charge in [-0.25, -0.2) is 4.39 Å². The summed E-state index contributed by atoms with van der Waals surface area (Å²) in [5.41, 5.74) is 2.98. The highest BCUT2D eigenvalue weighted by Gasteiger charge is 2.39.